The SMILES string of the molecule is Cc1ccc(C2(CCN(C)C)OCc3cc(C#N)ccc32)cc1.Cl. The van der Waals surface area contributed by atoms with E-state index < -0.39 is 5.60 Å². The van der Waals surface area contributed by atoms with Gasteiger partial charge in [-0.15, -0.1) is 12.4 Å². The number of halogens is 1. The summed E-state index contributed by atoms with van der Waals surface area (Å²) >= 11 is 0. The third-order valence-electron chi connectivity index (χ3n) is 4.57. The monoisotopic (exact) mass is 342 g/mol. The van der Waals surface area contributed by atoms with E-state index in [1.807, 2.05) is 12.1 Å². The van der Waals surface area contributed by atoms with Crippen LogP contribution < -0.4 is 0 Å². The molecule has 0 bridgehead atoms. The highest BCUT2D eigenvalue weighted by Gasteiger charge is 2.41. The van der Waals surface area contributed by atoms with Crippen molar-refractivity contribution in [1.82, 2.24) is 4.90 Å². The first kappa shape index (κ1) is 18.5. The Kier molecular flexibility index (Phi) is 5.66. The summed E-state index contributed by atoms with van der Waals surface area (Å²) < 4.78 is 6.35. The Morgan fingerprint density at radius 2 is 1.88 bits per heavy atom. The third-order valence-corrected chi connectivity index (χ3v) is 4.57. The molecule has 0 N–H and O–H groups in total. The Hall–Kier alpha value is -1.86. The zero-order valence-corrected chi connectivity index (χ0v) is 15.2. The summed E-state index contributed by atoms with van der Waals surface area (Å²) in [6.45, 7) is 3.60. The molecule has 24 heavy (non-hydrogen) atoms. The van der Waals surface area contributed by atoms with Crippen LogP contribution in [0.3, 0.4) is 0 Å². The van der Waals surface area contributed by atoms with E-state index in [4.69, 9.17) is 10.00 Å². The minimum Gasteiger partial charge on any atom is -0.361 e. The second kappa shape index (κ2) is 7.36. The fourth-order valence-corrected chi connectivity index (χ4v) is 3.25. The van der Waals surface area contributed by atoms with Gasteiger partial charge in [-0.05, 0) is 56.3 Å². The Morgan fingerprint density at radius 1 is 1.17 bits per heavy atom. The van der Waals surface area contributed by atoms with E-state index >= 15 is 0 Å². The van der Waals surface area contributed by atoms with Crippen molar-refractivity contribution in [3.05, 3.63) is 70.3 Å². The number of ether oxygens (including phenoxy) is 1. The second-order valence-corrected chi connectivity index (χ2v) is 6.52. The van der Waals surface area contributed by atoms with Crippen molar-refractivity contribution >= 4 is 12.4 Å². The molecule has 0 aliphatic carbocycles. The summed E-state index contributed by atoms with van der Waals surface area (Å²) in [5.74, 6) is 0. The summed E-state index contributed by atoms with van der Waals surface area (Å²) in [5.41, 5.74) is 5.04. The van der Waals surface area contributed by atoms with Crippen molar-refractivity contribution < 1.29 is 4.74 Å². The predicted octanol–water partition coefficient (Wildman–Crippen LogP) is 4.01. The van der Waals surface area contributed by atoms with Crippen LogP contribution in [0.25, 0.3) is 0 Å². The lowest BCUT2D eigenvalue weighted by molar-refractivity contribution is -0.0155. The minimum absolute atomic E-state index is 0. The van der Waals surface area contributed by atoms with E-state index in [9.17, 15) is 0 Å². The molecule has 0 saturated heterocycles. The molecule has 1 unspecified atom stereocenters. The van der Waals surface area contributed by atoms with Gasteiger partial charge in [-0.25, -0.2) is 0 Å². The van der Waals surface area contributed by atoms with Crippen molar-refractivity contribution in [2.24, 2.45) is 0 Å². The van der Waals surface area contributed by atoms with Gasteiger partial charge in [-0.3, -0.25) is 0 Å². The molecular formula is C20H23ClN2O. The normalized spacial score (nSPS) is 18.8. The lowest BCUT2D eigenvalue weighted by atomic mass is 9.82. The number of nitrogens with zero attached hydrogens (tertiary/aromatic N) is 2. The molecule has 4 heteroatoms. The molecule has 0 spiro atoms. The first-order valence-electron chi connectivity index (χ1n) is 7.94. The molecule has 0 radical (unpaired) electrons. The Morgan fingerprint density at radius 3 is 2.50 bits per heavy atom. The predicted molar refractivity (Wildman–Crippen MR) is 98.3 cm³/mol. The number of aryl methyl sites for hydroxylation is 1. The molecule has 0 fully saturated rings. The Balaban J connectivity index is 0.00000208. The molecular weight excluding hydrogens is 320 g/mol. The van der Waals surface area contributed by atoms with E-state index in [0.717, 1.165) is 18.5 Å². The highest BCUT2D eigenvalue weighted by atomic mass is 35.5. The summed E-state index contributed by atoms with van der Waals surface area (Å²) in [6, 6.07) is 16.7. The largest absolute Gasteiger partial charge is 0.361 e. The smallest absolute Gasteiger partial charge is 0.120 e. The molecule has 0 saturated carbocycles. The van der Waals surface area contributed by atoms with Gasteiger partial charge in [0.2, 0.25) is 0 Å². The zero-order chi connectivity index (χ0) is 16.4. The second-order valence-electron chi connectivity index (χ2n) is 6.52. The maximum absolute atomic E-state index is 9.13. The van der Waals surface area contributed by atoms with Gasteiger partial charge in [0.05, 0.1) is 18.2 Å². The van der Waals surface area contributed by atoms with Crippen LogP contribution in [0, 0.1) is 18.3 Å². The standard InChI is InChI=1S/C20H22N2O.ClH/c1-15-4-7-18(8-5-15)20(10-11-22(2)3)19-9-6-16(13-21)12-17(19)14-23-20;/h4-9,12H,10-11,14H2,1-3H3;1H. The fraction of sp³-hybridized carbons (Fsp3) is 0.350. The van der Waals surface area contributed by atoms with E-state index in [2.05, 4.69) is 62.3 Å². The number of hydrogen-bond donors (Lipinski definition) is 0. The topological polar surface area (TPSA) is 36.3 Å². The Labute approximate surface area is 150 Å². The number of rotatable bonds is 4. The van der Waals surface area contributed by atoms with Gasteiger partial charge in [0.1, 0.15) is 5.60 Å². The maximum atomic E-state index is 9.13. The molecule has 0 aromatic heterocycles. The number of hydrogen-bond acceptors (Lipinski definition) is 3. The average molecular weight is 343 g/mol. The average Bonchev–Trinajstić information content (AvgIpc) is 2.92. The van der Waals surface area contributed by atoms with Gasteiger partial charge in [-0.1, -0.05) is 35.9 Å². The van der Waals surface area contributed by atoms with Crippen LogP contribution in [0.1, 0.15) is 34.2 Å². The highest BCUT2D eigenvalue weighted by molar-refractivity contribution is 5.85. The quantitative estimate of drug-likeness (QED) is 0.842. The minimum atomic E-state index is -0.415. The molecule has 3 rings (SSSR count). The molecule has 2 aromatic carbocycles. The first-order chi connectivity index (χ1) is 11.0. The van der Waals surface area contributed by atoms with Crippen molar-refractivity contribution in [3.63, 3.8) is 0 Å². The van der Waals surface area contributed by atoms with E-state index in [1.165, 1.54) is 16.7 Å². The van der Waals surface area contributed by atoms with E-state index in [-0.39, 0.29) is 12.4 Å². The van der Waals surface area contributed by atoms with Crippen LogP contribution in [0.15, 0.2) is 42.5 Å². The van der Waals surface area contributed by atoms with E-state index in [1.54, 1.807) is 0 Å². The molecule has 126 valence electrons. The lowest BCUT2D eigenvalue weighted by Crippen LogP contribution is -2.31. The van der Waals surface area contributed by atoms with Gasteiger partial charge >= 0.3 is 0 Å². The zero-order valence-electron chi connectivity index (χ0n) is 14.4. The Bertz CT molecular complexity index is 749. The summed E-state index contributed by atoms with van der Waals surface area (Å²) in [5, 5.41) is 9.13. The van der Waals surface area contributed by atoms with Crippen LogP contribution in [0.5, 0.6) is 0 Å². The molecule has 1 heterocycles. The van der Waals surface area contributed by atoms with Crippen LogP contribution in [0.4, 0.5) is 0 Å². The summed E-state index contributed by atoms with van der Waals surface area (Å²) in [6.07, 6.45) is 0.891. The van der Waals surface area contributed by atoms with Crippen molar-refractivity contribution in [2.45, 2.75) is 25.6 Å². The fourth-order valence-electron chi connectivity index (χ4n) is 3.25. The van der Waals surface area contributed by atoms with Gasteiger partial charge in [0.15, 0.2) is 0 Å². The summed E-state index contributed by atoms with van der Waals surface area (Å²) in [7, 11) is 4.16. The van der Waals surface area contributed by atoms with E-state index in [0.29, 0.717) is 12.2 Å². The summed E-state index contributed by atoms with van der Waals surface area (Å²) in [4.78, 5) is 2.18. The van der Waals surface area contributed by atoms with Gasteiger partial charge in [0, 0.05) is 6.54 Å². The van der Waals surface area contributed by atoms with Crippen molar-refractivity contribution in [1.29, 1.82) is 5.26 Å². The number of benzene rings is 2. The maximum Gasteiger partial charge on any atom is 0.120 e. The van der Waals surface area contributed by atoms with Crippen LogP contribution in [-0.2, 0) is 16.9 Å². The van der Waals surface area contributed by atoms with Gasteiger partial charge in [-0.2, -0.15) is 5.26 Å². The first-order valence-corrected chi connectivity index (χ1v) is 7.94. The number of nitriles is 1. The molecule has 0 amide bonds. The van der Waals surface area contributed by atoms with Crippen LogP contribution in [-0.4, -0.2) is 25.5 Å². The molecule has 3 nitrogen and oxygen atoms in total. The lowest BCUT2D eigenvalue weighted by Gasteiger charge is -2.32. The van der Waals surface area contributed by atoms with Crippen LogP contribution in [0.2, 0.25) is 0 Å². The van der Waals surface area contributed by atoms with Crippen molar-refractivity contribution in [3.8, 4) is 6.07 Å². The molecule has 1 aliphatic rings. The number of fused-ring (bicyclic) bond motifs is 1. The van der Waals surface area contributed by atoms with Gasteiger partial charge < -0.3 is 9.64 Å². The molecule has 2 aromatic rings. The molecule has 1 atom stereocenters. The van der Waals surface area contributed by atoms with Crippen LogP contribution >= 0.6 is 12.4 Å². The molecule has 1 aliphatic heterocycles. The highest BCUT2D eigenvalue weighted by Crippen LogP contribution is 2.44. The van der Waals surface area contributed by atoms with Crippen molar-refractivity contribution in [2.75, 3.05) is 20.6 Å². The third kappa shape index (κ3) is 3.32. The van der Waals surface area contributed by atoms with Gasteiger partial charge in [0.25, 0.3) is 0 Å².